The zero-order chi connectivity index (χ0) is 15.9. The Balaban J connectivity index is 1.37. The van der Waals surface area contributed by atoms with Crippen molar-refractivity contribution < 1.29 is 18.7 Å². The van der Waals surface area contributed by atoms with Crippen LogP contribution in [0.5, 0.6) is 11.5 Å². The zero-order valence-corrected chi connectivity index (χ0v) is 13.0. The van der Waals surface area contributed by atoms with Crippen molar-refractivity contribution in [3.8, 4) is 11.5 Å². The van der Waals surface area contributed by atoms with Crippen molar-refractivity contribution in [2.24, 2.45) is 0 Å². The van der Waals surface area contributed by atoms with Crippen molar-refractivity contribution >= 4 is 5.91 Å². The van der Waals surface area contributed by atoms with Crippen LogP contribution in [0, 0.1) is 0 Å². The first-order chi connectivity index (χ1) is 11.3. The van der Waals surface area contributed by atoms with Gasteiger partial charge in [-0.3, -0.25) is 4.79 Å². The lowest BCUT2D eigenvalue weighted by Gasteiger charge is -2.18. The summed E-state index contributed by atoms with van der Waals surface area (Å²) in [5, 5.41) is 2.94. The van der Waals surface area contributed by atoms with Crippen LogP contribution in [0.2, 0.25) is 0 Å². The number of ether oxygens (including phenoxy) is 2. The average Bonchev–Trinajstić information content (AvgIpc) is 3.10. The van der Waals surface area contributed by atoms with E-state index in [0.717, 1.165) is 35.7 Å². The topological polar surface area (TPSA) is 60.7 Å². The summed E-state index contributed by atoms with van der Waals surface area (Å²) in [7, 11) is 0. The Hall–Kier alpha value is -2.43. The minimum absolute atomic E-state index is 0.0688. The van der Waals surface area contributed by atoms with Crippen molar-refractivity contribution in [3.05, 3.63) is 47.9 Å². The summed E-state index contributed by atoms with van der Waals surface area (Å²) in [4.78, 5) is 11.9. The smallest absolute Gasteiger partial charge is 0.220 e. The molecule has 0 aliphatic carbocycles. The van der Waals surface area contributed by atoms with Crippen molar-refractivity contribution in [3.63, 3.8) is 0 Å². The van der Waals surface area contributed by atoms with Gasteiger partial charge in [0.1, 0.15) is 19.0 Å². The highest BCUT2D eigenvalue weighted by Gasteiger charge is 2.12. The summed E-state index contributed by atoms with van der Waals surface area (Å²) in [6.07, 6.45) is 4.56. The van der Waals surface area contributed by atoms with Crippen LogP contribution in [-0.4, -0.2) is 25.7 Å². The van der Waals surface area contributed by atoms with Crippen molar-refractivity contribution in [2.75, 3.05) is 19.8 Å². The van der Waals surface area contributed by atoms with E-state index in [1.165, 1.54) is 0 Å². The van der Waals surface area contributed by atoms with E-state index >= 15 is 0 Å². The molecule has 0 radical (unpaired) electrons. The monoisotopic (exact) mass is 315 g/mol. The molecule has 23 heavy (non-hydrogen) atoms. The van der Waals surface area contributed by atoms with E-state index in [0.29, 0.717) is 32.6 Å². The predicted octanol–water partition coefficient (Wildman–Crippen LogP) is 2.73. The minimum atomic E-state index is 0.0688. The molecule has 5 nitrogen and oxygen atoms in total. The van der Waals surface area contributed by atoms with Crippen LogP contribution in [0.4, 0.5) is 0 Å². The van der Waals surface area contributed by atoms with E-state index in [2.05, 4.69) is 5.32 Å². The zero-order valence-electron chi connectivity index (χ0n) is 13.0. The molecule has 1 N–H and O–H groups in total. The molecular weight excluding hydrogens is 294 g/mol. The van der Waals surface area contributed by atoms with Crippen LogP contribution in [-0.2, 0) is 17.6 Å². The summed E-state index contributed by atoms with van der Waals surface area (Å²) in [6.45, 7) is 1.83. The number of hydrogen-bond donors (Lipinski definition) is 1. The first-order valence-corrected chi connectivity index (χ1v) is 7.99. The second kappa shape index (κ2) is 7.72. The molecule has 0 fully saturated rings. The Morgan fingerprint density at radius 3 is 2.78 bits per heavy atom. The third kappa shape index (κ3) is 4.52. The summed E-state index contributed by atoms with van der Waals surface area (Å²) in [5.74, 6) is 2.57. The SMILES string of the molecule is O=C(CCc1ccc2c(c1)OCCO2)NCCCc1ccco1. The number of carbonyl (C=O) groups excluding carboxylic acids is 1. The van der Waals surface area contributed by atoms with Crippen LogP contribution >= 0.6 is 0 Å². The lowest BCUT2D eigenvalue weighted by Crippen LogP contribution is -2.25. The fourth-order valence-corrected chi connectivity index (χ4v) is 2.53. The predicted molar refractivity (Wildman–Crippen MR) is 85.8 cm³/mol. The van der Waals surface area contributed by atoms with E-state index in [1.807, 2.05) is 30.3 Å². The Kier molecular flexibility index (Phi) is 5.19. The Morgan fingerprint density at radius 2 is 1.96 bits per heavy atom. The third-order valence-electron chi connectivity index (χ3n) is 3.75. The lowest BCUT2D eigenvalue weighted by molar-refractivity contribution is -0.121. The van der Waals surface area contributed by atoms with Crippen molar-refractivity contribution in [1.29, 1.82) is 0 Å². The molecule has 0 spiro atoms. The van der Waals surface area contributed by atoms with Gasteiger partial charge in [-0.1, -0.05) is 6.07 Å². The standard InChI is InChI=1S/C18H21NO4/c20-18(19-9-1-3-15-4-2-10-21-15)8-6-14-5-7-16-17(13-14)23-12-11-22-16/h2,4-5,7,10,13H,1,3,6,8-9,11-12H2,(H,19,20). The molecule has 0 bridgehead atoms. The average molecular weight is 315 g/mol. The quantitative estimate of drug-likeness (QED) is 0.798. The largest absolute Gasteiger partial charge is 0.486 e. The van der Waals surface area contributed by atoms with Gasteiger partial charge in [0.15, 0.2) is 11.5 Å². The molecule has 1 aromatic carbocycles. The lowest BCUT2D eigenvalue weighted by atomic mass is 10.1. The van der Waals surface area contributed by atoms with Gasteiger partial charge in [0.25, 0.3) is 0 Å². The van der Waals surface area contributed by atoms with E-state index in [4.69, 9.17) is 13.9 Å². The van der Waals surface area contributed by atoms with Crippen LogP contribution < -0.4 is 14.8 Å². The van der Waals surface area contributed by atoms with Gasteiger partial charge >= 0.3 is 0 Å². The third-order valence-corrected chi connectivity index (χ3v) is 3.75. The van der Waals surface area contributed by atoms with Crippen molar-refractivity contribution in [2.45, 2.75) is 25.7 Å². The summed E-state index contributed by atoms with van der Waals surface area (Å²) < 4.78 is 16.3. The molecule has 1 amide bonds. The number of carbonyl (C=O) groups is 1. The van der Waals surface area contributed by atoms with Gasteiger partial charge in [-0.05, 0) is 42.7 Å². The molecule has 5 heteroatoms. The van der Waals surface area contributed by atoms with Gasteiger partial charge < -0.3 is 19.2 Å². The first kappa shape index (κ1) is 15.5. The number of fused-ring (bicyclic) bond motifs is 1. The summed E-state index contributed by atoms with van der Waals surface area (Å²) in [5.41, 5.74) is 1.08. The number of rotatable bonds is 7. The van der Waals surface area contributed by atoms with Crippen LogP contribution in [0.1, 0.15) is 24.2 Å². The molecule has 2 heterocycles. The Bertz CT molecular complexity index is 636. The summed E-state index contributed by atoms with van der Waals surface area (Å²) >= 11 is 0. The van der Waals surface area contributed by atoms with Crippen LogP contribution in [0.15, 0.2) is 41.0 Å². The number of aryl methyl sites for hydroxylation is 2. The summed E-state index contributed by atoms with van der Waals surface area (Å²) in [6, 6.07) is 9.67. The normalized spacial score (nSPS) is 12.9. The molecule has 2 aromatic rings. The number of furan rings is 1. The first-order valence-electron chi connectivity index (χ1n) is 7.99. The van der Waals surface area contributed by atoms with Gasteiger partial charge in [-0.15, -0.1) is 0 Å². The second-order valence-electron chi connectivity index (χ2n) is 5.51. The maximum absolute atomic E-state index is 11.9. The second-order valence-corrected chi connectivity index (χ2v) is 5.51. The van der Waals surface area contributed by atoms with Gasteiger partial charge in [0.05, 0.1) is 6.26 Å². The maximum atomic E-state index is 11.9. The molecular formula is C18H21NO4. The number of amides is 1. The minimum Gasteiger partial charge on any atom is -0.486 e. The fraction of sp³-hybridized carbons (Fsp3) is 0.389. The molecule has 0 atom stereocenters. The highest BCUT2D eigenvalue weighted by Crippen LogP contribution is 2.30. The van der Waals surface area contributed by atoms with Gasteiger partial charge in [0, 0.05) is 19.4 Å². The van der Waals surface area contributed by atoms with E-state index in [1.54, 1.807) is 6.26 Å². The molecule has 0 saturated heterocycles. The van der Waals surface area contributed by atoms with Gasteiger partial charge in [-0.25, -0.2) is 0 Å². The van der Waals surface area contributed by atoms with Crippen LogP contribution in [0.3, 0.4) is 0 Å². The van der Waals surface area contributed by atoms with Crippen molar-refractivity contribution in [1.82, 2.24) is 5.32 Å². The molecule has 0 saturated carbocycles. The fourth-order valence-electron chi connectivity index (χ4n) is 2.53. The molecule has 1 aliphatic rings. The molecule has 1 aliphatic heterocycles. The number of hydrogen-bond acceptors (Lipinski definition) is 4. The van der Waals surface area contributed by atoms with E-state index in [-0.39, 0.29) is 5.91 Å². The van der Waals surface area contributed by atoms with Crippen LogP contribution in [0.25, 0.3) is 0 Å². The molecule has 1 aromatic heterocycles. The number of nitrogens with one attached hydrogen (secondary N) is 1. The maximum Gasteiger partial charge on any atom is 0.220 e. The Labute approximate surface area is 135 Å². The highest BCUT2D eigenvalue weighted by atomic mass is 16.6. The molecule has 0 unspecified atom stereocenters. The highest BCUT2D eigenvalue weighted by molar-refractivity contribution is 5.76. The van der Waals surface area contributed by atoms with E-state index < -0.39 is 0 Å². The number of benzene rings is 1. The molecule has 122 valence electrons. The Morgan fingerprint density at radius 1 is 1.09 bits per heavy atom. The van der Waals surface area contributed by atoms with E-state index in [9.17, 15) is 4.79 Å². The van der Waals surface area contributed by atoms with Gasteiger partial charge in [0.2, 0.25) is 5.91 Å². The van der Waals surface area contributed by atoms with Gasteiger partial charge in [-0.2, -0.15) is 0 Å². The molecule has 3 rings (SSSR count).